The topological polar surface area (TPSA) is 46.5 Å². The number of ether oxygens (including phenoxy) is 1. The monoisotopic (exact) mass is 450 g/mol. The maximum atomic E-state index is 13.9. The first-order chi connectivity index (χ1) is 15.4. The van der Waals surface area contributed by atoms with E-state index in [4.69, 9.17) is 4.74 Å². The van der Waals surface area contributed by atoms with E-state index in [1.807, 2.05) is 6.07 Å². The van der Waals surface area contributed by atoms with E-state index >= 15 is 0 Å². The van der Waals surface area contributed by atoms with E-state index < -0.39 is 22.2 Å². The molecule has 0 fully saturated rings. The SMILES string of the molecule is CCCCC(c1ccccc1)(C1C(=O)Oc2c(C)c(C)c(C)c(C)c21)C(C)(C)C(C)(C)CO. The maximum absolute atomic E-state index is 13.9. The molecule has 3 heteroatoms. The third-order valence-corrected chi connectivity index (χ3v) is 9.31. The summed E-state index contributed by atoms with van der Waals surface area (Å²) in [6.45, 7) is 19.4. The average Bonchev–Trinajstić information content (AvgIpc) is 3.14. The van der Waals surface area contributed by atoms with Crippen molar-refractivity contribution in [3.05, 3.63) is 63.7 Å². The van der Waals surface area contributed by atoms with Crippen LogP contribution in [-0.2, 0) is 10.2 Å². The van der Waals surface area contributed by atoms with Gasteiger partial charge in [-0.1, -0.05) is 77.8 Å². The highest BCUT2D eigenvalue weighted by atomic mass is 16.5. The Labute approximate surface area is 200 Å². The summed E-state index contributed by atoms with van der Waals surface area (Å²) in [6.07, 6.45) is 2.86. The number of carbonyl (C=O) groups excluding carboxylic acids is 1. The molecule has 0 aliphatic carbocycles. The van der Waals surface area contributed by atoms with Crippen molar-refractivity contribution in [1.82, 2.24) is 0 Å². The van der Waals surface area contributed by atoms with Crippen LogP contribution in [0.3, 0.4) is 0 Å². The molecular formula is C30H42O3. The Hall–Kier alpha value is -2.13. The summed E-state index contributed by atoms with van der Waals surface area (Å²) < 4.78 is 6.11. The highest BCUT2D eigenvalue weighted by Crippen LogP contribution is 2.64. The Morgan fingerprint density at radius 1 is 0.909 bits per heavy atom. The zero-order valence-corrected chi connectivity index (χ0v) is 22.1. The molecule has 0 saturated heterocycles. The molecule has 3 nitrogen and oxygen atoms in total. The molecule has 0 saturated carbocycles. The summed E-state index contributed by atoms with van der Waals surface area (Å²) in [5.41, 5.74) is 5.42. The number of benzene rings is 2. The summed E-state index contributed by atoms with van der Waals surface area (Å²) in [7, 11) is 0. The van der Waals surface area contributed by atoms with Gasteiger partial charge in [-0.05, 0) is 72.8 Å². The molecule has 1 aliphatic rings. The van der Waals surface area contributed by atoms with Crippen LogP contribution in [0.4, 0.5) is 0 Å². The minimum atomic E-state index is -0.544. The Bertz CT molecular complexity index is 1030. The van der Waals surface area contributed by atoms with E-state index in [9.17, 15) is 9.90 Å². The number of carbonyl (C=O) groups is 1. The predicted molar refractivity (Wildman–Crippen MR) is 136 cm³/mol. The van der Waals surface area contributed by atoms with Crippen LogP contribution >= 0.6 is 0 Å². The molecule has 2 atom stereocenters. The second-order valence-corrected chi connectivity index (χ2v) is 11.2. The minimum Gasteiger partial charge on any atom is -0.425 e. The highest BCUT2D eigenvalue weighted by molar-refractivity contribution is 5.90. The lowest BCUT2D eigenvalue weighted by Gasteiger charge is -2.57. The standard InChI is InChI=1S/C30H42O3/c1-10-11-17-30(23-15-13-12-14-16-23,29(8,9)28(6,7)18-31)25-24-21(4)19(2)20(3)22(5)26(24)33-27(25)32/h12-16,25,31H,10-11,17-18H2,1-9H3. The molecule has 2 aromatic carbocycles. The van der Waals surface area contributed by atoms with E-state index in [1.54, 1.807) is 0 Å². The van der Waals surface area contributed by atoms with Crippen molar-refractivity contribution < 1.29 is 14.6 Å². The number of unbranched alkanes of at least 4 members (excludes halogenated alkanes) is 1. The molecule has 33 heavy (non-hydrogen) atoms. The second-order valence-electron chi connectivity index (χ2n) is 11.2. The van der Waals surface area contributed by atoms with Gasteiger partial charge < -0.3 is 9.84 Å². The largest absolute Gasteiger partial charge is 0.425 e. The van der Waals surface area contributed by atoms with Gasteiger partial charge in [-0.15, -0.1) is 0 Å². The Balaban J connectivity index is 2.48. The normalized spacial score (nSPS) is 18.1. The van der Waals surface area contributed by atoms with E-state index in [2.05, 4.69) is 86.6 Å². The maximum Gasteiger partial charge on any atom is 0.319 e. The fraction of sp³-hybridized carbons (Fsp3) is 0.567. The van der Waals surface area contributed by atoms with E-state index in [-0.39, 0.29) is 12.6 Å². The quantitative estimate of drug-likeness (QED) is 0.345. The van der Waals surface area contributed by atoms with Crippen molar-refractivity contribution in [2.75, 3.05) is 6.61 Å². The molecule has 0 spiro atoms. The fourth-order valence-electron chi connectivity index (χ4n) is 5.99. The zero-order chi connectivity index (χ0) is 24.8. The van der Waals surface area contributed by atoms with Crippen LogP contribution in [0.1, 0.15) is 93.2 Å². The third kappa shape index (κ3) is 3.64. The first kappa shape index (κ1) is 25.5. The first-order valence-corrected chi connectivity index (χ1v) is 12.4. The lowest BCUT2D eigenvalue weighted by molar-refractivity contribution is -0.140. The van der Waals surface area contributed by atoms with E-state index in [1.165, 1.54) is 11.1 Å². The number of hydrogen-bond donors (Lipinski definition) is 1. The van der Waals surface area contributed by atoms with Crippen LogP contribution in [0.5, 0.6) is 5.75 Å². The van der Waals surface area contributed by atoms with Crippen molar-refractivity contribution in [3.63, 3.8) is 0 Å². The molecular weight excluding hydrogens is 408 g/mol. The molecule has 0 aromatic heterocycles. The lowest BCUT2D eigenvalue weighted by Crippen LogP contribution is -2.56. The van der Waals surface area contributed by atoms with Crippen molar-refractivity contribution in [1.29, 1.82) is 0 Å². The molecule has 1 heterocycles. The van der Waals surface area contributed by atoms with Crippen molar-refractivity contribution >= 4 is 5.97 Å². The molecule has 3 rings (SSSR count). The number of aliphatic hydroxyl groups excluding tert-OH is 1. The van der Waals surface area contributed by atoms with Crippen molar-refractivity contribution in [2.45, 2.75) is 92.9 Å². The molecule has 0 radical (unpaired) electrons. The molecule has 2 aromatic rings. The number of aliphatic hydroxyl groups is 1. The van der Waals surface area contributed by atoms with Gasteiger partial charge in [0.05, 0.1) is 5.92 Å². The van der Waals surface area contributed by atoms with Crippen LogP contribution < -0.4 is 4.74 Å². The summed E-state index contributed by atoms with van der Waals surface area (Å²) in [5.74, 6) is 0.156. The van der Waals surface area contributed by atoms with E-state index in [0.29, 0.717) is 0 Å². The highest BCUT2D eigenvalue weighted by Gasteiger charge is 2.62. The first-order valence-electron chi connectivity index (χ1n) is 12.4. The summed E-state index contributed by atoms with van der Waals surface area (Å²) in [5, 5.41) is 10.5. The van der Waals surface area contributed by atoms with Crippen LogP contribution in [0.15, 0.2) is 30.3 Å². The molecule has 0 bridgehead atoms. The minimum absolute atomic E-state index is 0.0419. The molecule has 2 unspecified atom stereocenters. The Morgan fingerprint density at radius 3 is 2.03 bits per heavy atom. The smallest absolute Gasteiger partial charge is 0.319 e. The van der Waals surface area contributed by atoms with Gasteiger partial charge in [-0.2, -0.15) is 0 Å². The number of rotatable bonds is 8. The summed E-state index contributed by atoms with van der Waals surface area (Å²) in [4.78, 5) is 13.9. The molecule has 1 N–H and O–H groups in total. The Morgan fingerprint density at radius 2 is 1.48 bits per heavy atom. The van der Waals surface area contributed by atoms with Gasteiger partial charge in [0, 0.05) is 17.6 Å². The van der Waals surface area contributed by atoms with Gasteiger partial charge in [-0.3, -0.25) is 4.79 Å². The van der Waals surface area contributed by atoms with Gasteiger partial charge >= 0.3 is 5.97 Å². The van der Waals surface area contributed by atoms with Gasteiger partial charge in [0.2, 0.25) is 0 Å². The second kappa shape index (κ2) is 8.91. The van der Waals surface area contributed by atoms with E-state index in [0.717, 1.165) is 47.3 Å². The lowest BCUT2D eigenvalue weighted by atomic mass is 9.45. The fourth-order valence-corrected chi connectivity index (χ4v) is 5.99. The number of fused-ring (bicyclic) bond motifs is 1. The van der Waals surface area contributed by atoms with Crippen LogP contribution in [-0.4, -0.2) is 17.7 Å². The van der Waals surface area contributed by atoms with Crippen molar-refractivity contribution in [3.8, 4) is 5.75 Å². The molecule has 180 valence electrons. The van der Waals surface area contributed by atoms with Gasteiger partial charge in [0.25, 0.3) is 0 Å². The summed E-state index contributed by atoms with van der Waals surface area (Å²) >= 11 is 0. The number of hydrogen-bond acceptors (Lipinski definition) is 3. The number of esters is 1. The molecule has 1 aliphatic heterocycles. The van der Waals surface area contributed by atoms with Gasteiger partial charge in [0.1, 0.15) is 5.75 Å². The van der Waals surface area contributed by atoms with Gasteiger partial charge in [-0.25, -0.2) is 0 Å². The van der Waals surface area contributed by atoms with Crippen LogP contribution in [0, 0.1) is 38.5 Å². The Kier molecular flexibility index (Phi) is 6.88. The van der Waals surface area contributed by atoms with Crippen LogP contribution in [0.2, 0.25) is 0 Å². The van der Waals surface area contributed by atoms with Crippen molar-refractivity contribution in [2.24, 2.45) is 10.8 Å². The molecule has 0 amide bonds. The summed E-state index contributed by atoms with van der Waals surface area (Å²) in [6, 6.07) is 10.5. The zero-order valence-electron chi connectivity index (χ0n) is 22.1. The third-order valence-electron chi connectivity index (χ3n) is 9.31. The average molecular weight is 451 g/mol. The van der Waals surface area contributed by atoms with Crippen LogP contribution in [0.25, 0.3) is 0 Å². The predicted octanol–water partition coefficient (Wildman–Crippen LogP) is 7.10. The van der Waals surface area contributed by atoms with Gasteiger partial charge in [0.15, 0.2) is 0 Å².